The van der Waals surface area contributed by atoms with Crippen molar-refractivity contribution >= 4 is 17.8 Å². The molecule has 2 aromatic rings. The van der Waals surface area contributed by atoms with Crippen molar-refractivity contribution in [1.29, 1.82) is 0 Å². The van der Waals surface area contributed by atoms with Gasteiger partial charge in [-0.3, -0.25) is 14.6 Å². The minimum Gasteiger partial charge on any atom is -0.496 e. The Hall–Kier alpha value is -3.55. The van der Waals surface area contributed by atoms with E-state index in [-0.39, 0.29) is 18.4 Å². The summed E-state index contributed by atoms with van der Waals surface area (Å²) in [5.41, 5.74) is 3.79. The van der Waals surface area contributed by atoms with Crippen LogP contribution < -0.4 is 20.7 Å². The van der Waals surface area contributed by atoms with Gasteiger partial charge in [-0.25, -0.2) is 0 Å². The van der Waals surface area contributed by atoms with E-state index in [0.29, 0.717) is 37.7 Å². The molecule has 1 aliphatic rings. The number of guanidine groups is 1. The van der Waals surface area contributed by atoms with Crippen molar-refractivity contribution in [2.24, 2.45) is 4.99 Å². The second-order valence-corrected chi connectivity index (χ2v) is 7.37. The van der Waals surface area contributed by atoms with Crippen LogP contribution in [-0.4, -0.2) is 56.5 Å². The zero-order chi connectivity index (χ0) is 22.2. The molecule has 1 fully saturated rings. The van der Waals surface area contributed by atoms with Gasteiger partial charge in [0.05, 0.1) is 13.7 Å². The van der Waals surface area contributed by atoms with Gasteiger partial charge in [-0.2, -0.15) is 0 Å². The number of hydrogen-bond donors (Lipinski definition) is 3. The lowest BCUT2D eigenvalue weighted by Gasteiger charge is -2.26. The summed E-state index contributed by atoms with van der Waals surface area (Å²) < 4.78 is 5.45. The topological polar surface area (TPSA) is 95.1 Å². The van der Waals surface area contributed by atoms with Gasteiger partial charge in [0.15, 0.2) is 5.96 Å². The number of carbonyl (C=O) groups excluding carboxylic acids is 2. The molecule has 164 valence electrons. The van der Waals surface area contributed by atoms with Crippen LogP contribution in [0.15, 0.2) is 47.5 Å². The third-order valence-electron chi connectivity index (χ3n) is 5.10. The zero-order valence-corrected chi connectivity index (χ0v) is 18.2. The Labute approximate surface area is 182 Å². The molecule has 3 rings (SSSR count). The second-order valence-electron chi connectivity index (χ2n) is 7.37. The molecule has 0 aromatic heterocycles. The summed E-state index contributed by atoms with van der Waals surface area (Å²) in [6.07, 6.45) is 0. The summed E-state index contributed by atoms with van der Waals surface area (Å²) in [6, 6.07) is 13.5. The van der Waals surface area contributed by atoms with Crippen LogP contribution >= 0.6 is 0 Å². The van der Waals surface area contributed by atoms with Gasteiger partial charge >= 0.3 is 0 Å². The van der Waals surface area contributed by atoms with E-state index in [4.69, 9.17) is 4.74 Å². The van der Waals surface area contributed by atoms with E-state index in [1.807, 2.05) is 31.2 Å². The molecule has 0 aliphatic carbocycles. The summed E-state index contributed by atoms with van der Waals surface area (Å²) in [5, 5.41) is 9.28. The van der Waals surface area contributed by atoms with Gasteiger partial charge in [-0.15, -0.1) is 0 Å². The van der Waals surface area contributed by atoms with Crippen molar-refractivity contribution in [2.45, 2.75) is 20.0 Å². The highest BCUT2D eigenvalue weighted by molar-refractivity contribution is 5.97. The van der Waals surface area contributed by atoms with E-state index in [2.05, 4.69) is 27.0 Å². The maximum atomic E-state index is 12.6. The monoisotopic (exact) mass is 423 g/mol. The molecule has 0 bridgehead atoms. The molecule has 1 aliphatic heterocycles. The van der Waals surface area contributed by atoms with E-state index in [0.717, 1.165) is 22.4 Å². The number of hydrogen-bond acceptors (Lipinski definition) is 4. The highest BCUT2D eigenvalue weighted by Gasteiger charge is 2.22. The predicted molar refractivity (Wildman–Crippen MR) is 120 cm³/mol. The molecular weight excluding hydrogens is 394 g/mol. The fourth-order valence-electron chi connectivity index (χ4n) is 3.34. The van der Waals surface area contributed by atoms with Crippen molar-refractivity contribution < 1.29 is 14.3 Å². The van der Waals surface area contributed by atoms with Crippen LogP contribution in [0.5, 0.6) is 5.75 Å². The highest BCUT2D eigenvalue weighted by atomic mass is 16.5. The summed E-state index contributed by atoms with van der Waals surface area (Å²) >= 11 is 0. The minimum atomic E-state index is -0.126. The Morgan fingerprint density at radius 2 is 1.90 bits per heavy atom. The third kappa shape index (κ3) is 5.97. The highest BCUT2D eigenvalue weighted by Crippen LogP contribution is 2.19. The number of amides is 2. The normalized spacial score (nSPS) is 14.1. The number of aliphatic imine (C=N–C) groups is 1. The van der Waals surface area contributed by atoms with Crippen molar-refractivity contribution in [3.05, 3.63) is 64.7 Å². The summed E-state index contributed by atoms with van der Waals surface area (Å²) in [5.74, 6) is 1.26. The van der Waals surface area contributed by atoms with Crippen molar-refractivity contribution in [3.63, 3.8) is 0 Å². The quantitative estimate of drug-likeness (QED) is 0.483. The van der Waals surface area contributed by atoms with Gasteiger partial charge in [0.1, 0.15) is 5.75 Å². The molecule has 1 saturated heterocycles. The zero-order valence-electron chi connectivity index (χ0n) is 18.2. The van der Waals surface area contributed by atoms with E-state index in [9.17, 15) is 9.59 Å². The van der Waals surface area contributed by atoms with Crippen molar-refractivity contribution in [3.8, 4) is 5.75 Å². The van der Waals surface area contributed by atoms with Crippen molar-refractivity contribution in [2.75, 3.05) is 33.8 Å². The molecule has 8 nitrogen and oxygen atoms in total. The first-order valence-electron chi connectivity index (χ1n) is 10.2. The van der Waals surface area contributed by atoms with Crippen LogP contribution in [0.4, 0.5) is 0 Å². The lowest BCUT2D eigenvalue weighted by Crippen LogP contribution is -2.49. The van der Waals surface area contributed by atoms with Crippen LogP contribution in [0.3, 0.4) is 0 Å². The number of aryl methyl sites for hydroxylation is 1. The Balaban J connectivity index is 1.53. The Morgan fingerprint density at radius 3 is 2.58 bits per heavy atom. The number of nitrogens with one attached hydrogen (secondary N) is 3. The molecule has 0 unspecified atom stereocenters. The van der Waals surface area contributed by atoms with Gasteiger partial charge in [0.2, 0.25) is 5.91 Å². The first-order chi connectivity index (χ1) is 15.0. The largest absolute Gasteiger partial charge is 0.496 e. The van der Waals surface area contributed by atoms with Crippen LogP contribution in [0, 0.1) is 6.92 Å². The first-order valence-corrected chi connectivity index (χ1v) is 10.2. The second kappa shape index (κ2) is 10.5. The van der Waals surface area contributed by atoms with Gasteiger partial charge in [-0.1, -0.05) is 24.3 Å². The fraction of sp³-hybridized carbons (Fsp3) is 0.348. The Bertz CT molecular complexity index is 956. The van der Waals surface area contributed by atoms with Gasteiger partial charge in [0.25, 0.3) is 5.91 Å². The number of piperazine rings is 1. The van der Waals surface area contributed by atoms with E-state index < -0.39 is 0 Å². The lowest BCUT2D eigenvalue weighted by molar-refractivity contribution is -0.123. The Kier molecular flexibility index (Phi) is 7.48. The predicted octanol–water partition coefficient (Wildman–Crippen LogP) is 1.44. The van der Waals surface area contributed by atoms with Crippen LogP contribution in [0.25, 0.3) is 0 Å². The molecule has 0 atom stereocenters. The average molecular weight is 424 g/mol. The van der Waals surface area contributed by atoms with Gasteiger partial charge in [-0.05, 0) is 36.2 Å². The number of benzene rings is 2. The van der Waals surface area contributed by atoms with E-state index in [1.165, 1.54) is 0 Å². The van der Waals surface area contributed by atoms with E-state index in [1.54, 1.807) is 31.2 Å². The molecule has 3 N–H and O–H groups in total. The number of methoxy groups -OCH3 is 1. The average Bonchev–Trinajstić information content (AvgIpc) is 2.79. The maximum absolute atomic E-state index is 12.6. The first kappa shape index (κ1) is 22.1. The number of carbonyl (C=O) groups is 2. The molecule has 8 heteroatoms. The van der Waals surface area contributed by atoms with Gasteiger partial charge < -0.3 is 25.6 Å². The molecule has 0 saturated carbocycles. The summed E-state index contributed by atoms with van der Waals surface area (Å²) in [7, 11) is 3.39. The molecule has 0 spiro atoms. The third-order valence-corrected chi connectivity index (χ3v) is 5.10. The Morgan fingerprint density at radius 1 is 1.16 bits per heavy atom. The summed E-state index contributed by atoms with van der Waals surface area (Å²) in [6.45, 7) is 4.30. The molecule has 2 aromatic carbocycles. The fourth-order valence-corrected chi connectivity index (χ4v) is 3.34. The van der Waals surface area contributed by atoms with Crippen LogP contribution in [-0.2, 0) is 17.9 Å². The van der Waals surface area contributed by atoms with Crippen LogP contribution in [0.2, 0.25) is 0 Å². The van der Waals surface area contributed by atoms with Gasteiger partial charge in [0, 0.05) is 44.4 Å². The standard InChI is InChI=1S/C23H29N5O3/c1-16-4-7-19(20(12-16)31-3)14-27-23(24-2)26-13-17-5-8-18(9-6-17)22(30)28-11-10-25-21(29)15-28/h4-9,12H,10-11,13-15H2,1-3H3,(H,25,29)(H2,24,26,27). The molecule has 2 amide bonds. The molecule has 0 radical (unpaired) electrons. The molecule has 1 heterocycles. The number of rotatable bonds is 6. The number of nitrogens with zero attached hydrogens (tertiary/aromatic N) is 2. The van der Waals surface area contributed by atoms with E-state index >= 15 is 0 Å². The molecule has 31 heavy (non-hydrogen) atoms. The SMILES string of the molecule is CN=C(NCc1ccc(C(=O)N2CCNC(=O)C2)cc1)NCc1ccc(C)cc1OC. The summed E-state index contributed by atoms with van der Waals surface area (Å²) in [4.78, 5) is 29.9. The minimum absolute atomic E-state index is 0.107. The van der Waals surface area contributed by atoms with Crippen LogP contribution in [0.1, 0.15) is 27.0 Å². The maximum Gasteiger partial charge on any atom is 0.254 e. The number of ether oxygens (including phenoxy) is 1. The molecular formula is C23H29N5O3. The lowest BCUT2D eigenvalue weighted by atomic mass is 10.1. The van der Waals surface area contributed by atoms with Crippen molar-refractivity contribution in [1.82, 2.24) is 20.9 Å². The smallest absolute Gasteiger partial charge is 0.254 e.